The van der Waals surface area contributed by atoms with Crippen molar-refractivity contribution in [1.29, 1.82) is 0 Å². The van der Waals surface area contributed by atoms with Crippen LogP contribution in [0.2, 0.25) is 0 Å². The number of aliphatic hydroxyl groups excluding tert-OH is 3. The molecule has 0 aliphatic carbocycles. The van der Waals surface area contributed by atoms with Crippen molar-refractivity contribution in [3.05, 3.63) is 12.2 Å². The van der Waals surface area contributed by atoms with E-state index in [1.165, 1.54) is 64.2 Å². The first-order chi connectivity index (χ1) is 13.2. The Kier molecular flexibility index (Phi) is 15.0. The quantitative estimate of drug-likeness (QED) is 0.262. The van der Waals surface area contributed by atoms with E-state index in [4.69, 9.17) is 9.47 Å². The smallest absolute Gasteiger partial charge is 0.114 e. The van der Waals surface area contributed by atoms with Crippen LogP contribution in [0.25, 0.3) is 0 Å². The summed E-state index contributed by atoms with van der Waals surface area (Å²) in [6, 6.07) is 0. The first-order valence-electron chi connectivity index (χ1n) is 11.1. The molecule has 0 saturated carbocycles. The van der Waals surface area contributed by atoms with E-state index in [1.807, 2.05) is 0 Å². The highest BCUT2D eigenvalue weighted by Gasteiger charge is 2.40. The Morgan fingerprint density at radius 2 is 1.52 bits per heavy atom. The van der Waals surface area contributed by atoms with Crippen LogP contribution in [-0.4, -0.2) is 59.6 Å². The third-order valence-electron chi connectivity index (χ3n) is 5.22. The Balaban J connectivity index is 1.89. The van der Waals surface area contributed by atoms with Crippen LogP contribution in [0.1, 0.15) is 84.0 Å². The molecule has 4 atom stereocenters. The molecule has 27 heavy (non-hydrogen) atoms. The lowest BCUT2D eigenvalue weighted by atomic mass is 10.1. The Hall–Kier alpha value is -0.460. The third kappa shape index (κ3) is 11.2. The number of unbranched alkanes of at least 4 members (excludes halogenated alkanes) is 10. The molecule has 1 heterocycles. The van der Waals surface area contributed by atoms with Crippen molar-refractivity contribution in [3.63, 3.8) is 0 Å². The average molecular weight is 387 g/mol. The maximum Gasteiger partial charge on any atom is 0.114 e. The van der Waals surface area contributed by atoms with Gasteiger partial charge in [-0.3, -0.25) is 0 Å². The van der Waals surface area contributed by atoms with Gasteiger partial charge in [0, 0.05) is 6.61 Å². The van der Waals surface area contributed by atoms with Gasteiger partial charge in [-0.15, -0.1) is 0 Å². The summed E-state index contributed by atoms with van der Waals surface area (Å²) in [5.41, 5.74) is 0. The second kappa shape index (κ2) is 16.5. The minimum absolute atomic E-state index is 0.0962. The molecule has 1 saturated heterocycles. The molecule has 1 fully saturated rings. The number of ether oxygens (including phenoxy) is 2. The van der Waals surface area contributed by atoms with E-state index in [9.17, 15) is 15.3 Å². The van der Waals surface area contributed by atoms with Gasteiger partial charge in [0.05, 0.1) is 13.2 Å². The Morgan fingerprint density at radius 3 is 2.07 bits per heavy atom. The fraction of sp³-hybridized carbons (Fsp3) is 0.909. The molecule has 0 aromatic heterocycles. The second-order valence-electron chi connectivity index (χ2n) is 7.68. The molecule has 0 spiro atoms. The van der Waals surface area contributed by atoms with E-state index >= 15 is 0 Å². The van der Waals surface area contributed by atoms with Crippen LogP contribution >= 0.6 is 0 Å². The van der Waals surface area contributed by atoms with Gasteiger partial charge in [0.1, 0.15) is 24.4 Å². The fourth-order valence-electron chi connectivity index (χ4n) is 3.44. The lowest BCUT2D eigenvalue weighted by Crippen LogP contribution is -2.42. The van der Waals surface area contributed by atoms with Crippen molar-refractivity contribution < 1.29 is 24.8 Å². The van der Waals surface area contributed by atoms with E-state index in [2.05, 4.69) is 19.1 Å². The summed E-state index contributed by atoms with van der Waals surface area (Å²) in [5.74, 6) is 0. The van der Waals surface area contributed by atoms with E-state index in [0.29, 0.717) is 6.61 Å². The average Bonchev–Trinajstić information content (AvgIpc) is 3.00. The normalized spacial score (nSPS) is 24.1. The van der Waals surface area contributed by atoms with Gasteiger partial charge in [0.25, 0.3) is 0 Å². The fourth-order valence-corrected chi connectivity index (χ4v) is 3.44. The summed E-state index contributed by atoms with van der Waals surface area (Å²) in [6.45, 7) is 2.69. The summed E-state index contributed by atoms with van der Waals surface area (Å²) in [7, 11) is 0. The molecule has 3 N–H and O–H groups in total. The molecule has 1 aliphatic rings. The lowest BCUT2D eigenvalue weighted by molar-refractivity contribution is -0.101. The molecular weight excluding hydrogens is 344 g/mol. The van der Waals surface area contributed by atoms with Crippen LogP contribution in [0.4, 0.5) is 0 Å². The van der Waals surface area contributed by atoms with Gasteiger partial charge in [-0.1, -0.05) is 64.0 Å². The maximum atomic E-state index is 9.81. The standard InChI is InChI=1S/C22H42O5/c1-2-3-4-5-6-7-8-9-10-11-12-13-14-15-16-26-20(17-23)22-21(25)19(24)18-27-22/h8-9,19-25H,2-7,10-18H2,1H3/b9-8+/t19-,20+,21-,22-/m1/s1. The molecular formula is C22H42O5. The van der Waals surface area contributed by atoms with Gasteiger partial charge in [-0.25, -0.2) is 0 Å². The molecule has 0 radical (unpaired) electrons. The Bertz CT molecular complexity index is 361. The predicted molar refractivity (Wildman–Crippen MR) is 109 cm³/mol. The highest BCUT2D eigenvalue weighted by atomic mass is 16.6. The molecule has 0 amide bonds. The summed E-state index contributed by atoms with van der Waals surface area (Å²) in [5, 5.41) is 28.7. The Labute approximate surface area is 165 Å². The lowest BCUT2D eigenvalue weighted by Gasteiger charge is -2.24. The molecule has 5 heteroatoms. The second-order valence-corrected chi connectivity index (χ2v) is 7.68. The topological polar surface area (TPSA) is 79.2 Å². The van der Waals surface area contributed by atoms with Crippen molar-refractivity contribution in [2.24, 2.45) is 0 Å². The van der Waals surface area contributed by atoms with Gasteiger partial charge in [0.2, 0.25) is 0 Å². The largest absolute Gasteiger partial charge is 0.394 e. The van der Waals surface area contributed by atoms with Crippen LogP contribution in [-0.2, 0) is 9.47 Å². The van der Waals surface area contributed by atoms with E-state index in [-0.39, 0.29) is 13.2 Å². The predicted octanol–water partition coefficient (Wildman–Crippen LogP) is 3.74. The number of rotatable bonds is 17. The first kappa shape index (κ1) is 24.6. The number of allylic oxidation sites excluding steroid dienone is 2. The van der Waals surface area contributed by atoms with Crippen molar-refractivity contribution in [2.75, 3.05) is 19.8 Å². The van der Waals surface area contributed by atoms with Crippen LogP contribution in [0.5, 0.6) is 0 Å². The van der Waals surface area contributed by atoms with Crippen molar-refractivity contribution in [1.82, 2.24) is 0 Å². The number of hydrogen-bond acceptors (Lipinski definition) is 5. The first-order valence-corrected chi connectivity index (χ1v) is 11.1. The van der Waals surface area contributed by atoms with Crippen molar-refractivity contribution in [2.45, 2.75) is 108 Å². The summed E-state index contributed by atoms with van der Waals surface area (Å²) in [4.78, 5) is 0. The minimum Gasteiger partial charge on any atom is -0.394 e. The van der Waals surface area contributed by atoms with E-state index in [1.54, 1.807) is 0 Å². The maximum absolute atomic E-state index is 9.81. The highest BCUT2D eigenvalue weighted by molar-refractivity contribution is 4.88. The third-order valence-corrected chi connectivity index (χ3v) is 5.22. The zero-order chi connectivity index (χ0) is 19.7. The van der Waals surface area contributed by atoms with Gasteiger partial charge < -0.3 is 24.8 Å². The van der Waals surface area contributed by atoms with Gasteiger partial charge in [-0.2, -0.15) is 0 Å². The molecule has 0 bridgehead atoms. The zero-order valence-corrected chi connectivity index (χ0v) is 17.2. The number of aliphatic hydroxyl groups is 3. The SMILES string of the molecule is CCCCCCC/C=C/CCCCCCCO[C@@H](CO)[C@H]1OC[C@@H](O)[C@H]1O. The molecule has 0 unspecified atom stereocenters. The van der Waals surface area contributed by atoms with Crippen LogP contribution in [0.3, 0.4) is 0 Å². The molecule has 160 valence electrons. The zero-order valence-electron chi connectivity index (χ0n) is 17.2. The Morgan fingerprint density at radius 1 is 0.926 bits per heavy atom. The summed E-state index contributed by atoms with van der Waals surface area (Å²) >= 11 is 0. The molecule has 1 aliphatic heterocycles. The highest BCUT2D eigenvalue weighted by Crippen LogP contribution is 2.20. The van der Waals surface area contributed by atoms with Crippen molar-refractivity contribution >= 4 is 0 Å². The van der Waals surface area contributed by atoms with Gasteiger partial charge in [-0.05, 0) is 32.1 Å². The minimum atomic E-state index is -0.980. The monoisotopic (exact) mass is 386 g/mol. The number of hydrogen-bond donors (Lipinski definition) is 3. The van der Waals surface area contributed by atoms with Gasteiger partial charge in [0.15, 0.2) is 0 Å². The van der Waals surface area contributed by atoms with E-state index in [0.717, 1.165) is 12.8 Å². The van der Waals surface area contributed by atoms with Crippen LogP contribution in [0.15, 0.2) is 12.2 Å². The van der Waals surface area contributed by atoms with Crippen molar-refractivity contribution in [3.8, 4) is 0 Å². The molecule has 0 aromatic rings. The molecule has 1 rings (SSSR count). The molecule has 5 nitrogen and oxygen atoms in total. The summed E-state index contributed by atoms with van der Waals surface area (Å²) in [6.07, 6.45) is 16.5. The van der Waals surface area contributed by atoms with Crippen LogP contribution in [0, 0.1) is 0 Å². The summed E-state index contributed by atoms with van der Waals surface area (Å²) < 4.78 is 11.0. The molecule has 0 aromatic carbocycles. The van der Waals surface area contributed by atoms with E-state index < -0.39 is 24.4 Å². The van der Waals surface area contributed by atoms with Crippen LogP contribution < -0.4 is 0 Å². The van der Waals surface area contributed by atoms with Gasteiger partial charge >= 0.3 is 0 Å².